The van der Waals surface area contributed by atoms with E-state index in [4.69, 9.17) is 10.7 Å². The highest BCUT2D eigenvalue weighted by Gasteiger charge is 2.34. The standard InChI is InChI=1S/C25H32N4O2/c1-24(2)13-16(14-25(3,4)28-24)11-22(30)29-10-9-17(15-29)21-12-19(23(26)31)18-7-5-6-8-20(18)27-21/h5-8,12-13,17,28H,9-11,14-15H2,1-4H3,(H2,26,31). The first kappa shape index (κ1) is 21.5. The van der Waals surface area contributed by atoms with E-state index in [0.29, 0.717) is 25.1 Å². The molecular weight excluding hydrogens is 388 g/mol. The Morgan fingerprint density at radius 3 is 2.68 bits per heavy atom. The van der Waals surface area contributed by atoms with Gasteiger partial charge in [-0.3, -0.25) is 14.6 Å². The molecule has 1 saturated heterocycles. The molecule has 0 spiro atoms. The third-order valence-electron chi connectivity index (χ3n) is 6.23. The Bertz CT molecular complexity index is 1070. The van der Waals surface area contributed by atoms with E-state index in [0.717, 1.165) is 29.4 Å². The largest absolute Gasteiger partial charge is 0.366 e. The first-order valence-corrected chi connectivity index (χ1v) is 11.0. The third kappa shape index (κ3) is 4.64. The molecule has 2 aliphatic rings. The van der Waals surface area contributed by atoms with Crippen molar-refractivity contribution in [2.24, 2.45) is 5.73 Å². The van der Waals surface area contributed by atoms with Crippen LogP contribution in [0.5, 0.6) is 0 Å². The molecule has 3 heterocycles. The number of para-hydroxylation sites is 1. The number of carbonyl (C=O) groups excluding carboxylic acids is 2. The lowest BCUT2D eigenvalue weighted by molar-refractivity contribution is -0.129. The van der Waals surface area contributed by atoms with Crippen LogP contribution in [0.15, 0.2) is 42.0 Å². The topological polar surface area (TPSA) is 88.3 Å². The number of amides is 2. The molecule has 6 heteroatoms. The molecule has 0 aliphatic carbocycles. The number of hydrogen-bond acceptors (Lipinski definition) is 4. The Kier molecular flexibility index (Phi) is 5.38. The lowest BCUT2D eigenvalue weighted by Crippen LogP contribution is -2.54. The summed E-state index contributed by atoms with van der Waals surface area (Å²) in [5, 5.41) is 4.39. The zero-order valence-electron chi connectivity index (χ0n) is 18.9. The molecule has 0 saturated carbocycles. The zero-order valence-corrected chi connectivity index (χ0v) is 18.9. The van der Waals surface area contributed by atoms with Gasteiger partial charge in [0.05, 0.1) is 11.1 Å². The Hall–Kier alpha value is -2.73. The monoisotopic (exact) mass is 420 g/mol. The van der Waals surface area contributed by atoms with Crippen LogP contribution >= 0.6 is 0 Å². The summed E-state index contributed by atoms with van der Waals surface area (Å²) >= 11 is 0. The van der Waals surface area contributed by atoms with Crippen LogP contribution in [-0.4, -0.2) is 45.9 Å². The maximum absolute atomic E-state index is 13.1. The number of nitrogens with two attached hydrogens (primary N) is 1. The molecule has 2 amide bonds. The number of primary amides is 1. The lowest BCUT2D eigenvalue weighted by Gasteiger charge is -2.41. The summed E-state index contributed by atoms with van der Waals surface area (Å²) in [7, 11) is 0. The average Bonchev–Trinajstić information content (AvgIpc) is 3.14. The number of carbonyl (C=O) groups is 2. The summed E-state index contributed by atoms with van der Waals surface area (Å²) < 4.78 is 0. The second-order valence-corrected chi connectivity index (χ2v) is 10.2. The van der Waals surface area contributed by atoms with E-state index in [2.05, 4.69) is 39.1 Å². The van der Waals surface area contributed by atoms with Crippen molar-refractivity contribution < 1.29 is 9.59 Å². The van der Waals surface area contributed by atoms with Gasteiger partial charge in [0.2, 0.25) is 11.8 Å². The summed E-state index contributed by atoms with van der Waals surface area (Å²) in [6.07, 6.45) is 4.37. The fraction of sp³-hybridized carbons (Fsp3) is 0.480. The van der Waals surface area contributed by atoms with Gasteiger partial charge >= 0.3 is 0 Å². The molecule has 1 atom stereocenters. The van der Waals surface area contributed by atoms with Crippen LogP contribution in [0.1, 0.15) is 68.9 Å². The number of fused-ring (bicyclic) bond motifs is 1. The van der Waals surface area contributed by atoms with Gasteiger partial charge in [-0.15, -0.1) is 0 Å². The van der Waals surface area contributed by atoms with Gasteiger partial charge in [0, 0.05) is 47.6 Å². The van der Waals surface area contributed by atoms with E-state index in [1.807, 2.05) is 35.2 Å². The summed E-state index contributed by atoms with van der Waals surface area (Å²) in [4.78, 5) is 31.8. The van der Waals surface area contributed by atoms with Crippen molar-refractivity contribution in [2.45, 2.75) is 64.0 Å². The van der Waals surface area contributed by atoms with E-state index in [1.165, 1.54) is 5.57 Å². The molecule has 1 unspecified atom stereocenters. The van der Waals surface area contributed by atoms with Gasteiger partial charge < -0.3 is 16.0 Å². The second kappa shape index (κ2) is 7.75. The summed E-state index contributed by atoms with van der Waals surface area (Å²) in [5.74, 6) is -0.173. The summed E-state index contributed by atoms with van der Waals surface area (Å²) in [5.41, 5.74) is 8.78. The minimum absolute atomic E-state index is 0.0262. The minimum Gasteiger partial charge on any atom is -0.366 e. The number of nitrogens with zero attached hydrogens (tertiary/aromatic N) is 2. The Balaban J connectivity index is 1.50. The predicted molar refractivity (Wildman–Crippen MR) is 123 cm³/mol. The highest BCUT2D eigenvalue weighted by molar-refractivity contribution is 6.05. The molecule has 31 heavy (non-hydrogen) atoms. The smallest absolute Gasteiger partial charge is 0.249 e. The molecule has 4 rings (SSSR count). The number of benzene rings is 1. The summed E-state index contributed by atoms with van der Waals surface area (Å²) in [6, 6.07) is 9.36. The zero-order chi connectivity index (χ0) is 22.4. The Morgan fingerprint density at radius 2 is 1.97 bits per heavy atom. The molecule has 164 valence electrons. The number of hydrogen-bond donors (Lipinski definition) is 2. The Morgan fingerprint density at radius 1 is 1.23 bits per heavy atom. The maximum atomic E-state index is 13.1. The molecular formula is C25H32N4O2. The predicted octanol–water partition coefficient (Wildman–Crippen LogP) is 3.52. The fourth-order valence-electron chi connectivity index (χ4n) is 5.34. The summed E-state index contributed by atoms with van der Waals surface area (Å²) in [6.45, 7) is 9.99. The molecule has 2 aliphatic heterocycles. The number of pyridine rings is 1. The molecule has 0 bridgehead atoms. The van der Waals surface area contributed by atoms with Crippen LogP contribution in [0.2, 0.25) is 0 Å². The van der Waals surface area contributed by atoms with E-state index < -0.39 is 5.91 Å². The third-order valence-corrected chi connectivity index (χ3v) is 6.23. The SMILES string of the molecule is CC1(C)C=C(CC(=O)N2CCC(c3cc(C(N)=O)c4ccccc4n3)C2)CC(C)(C)N1. The molecule has 3 N–H and O–H groups in total. The van der Waals surface area contributed by atoms with Gasteiger partial charge in [-0.05, 0) is 52.7 Å². The van der Waals surface area contributed by atoms with Gasteiger partial charge in [-0.25, -0.2) is 0 Å². The van der Waals surface area contributed by atoms with Gasteiger partial charge in [0.25, 0.3) is 0 Å². The molecule has 1 aromatic carbocycles. The molecule has 1 aromatic heterocycles. The molecule has 6 nitrogen and oxygen atoms in total. The van der Waals surface area contributed by atoms with Crippen molar-refractivity contribution in [2.75, 3.05) is 13.1 Å². The molecule has 2 aromatic rings. The Labute approximate surface area is 183 Å². The van der Waals surface area contributed by atoms with Crippen molar-refractivity contribution in [1.82, 2.24) is 15.2 Å². The van der Waals surface area contributed by atoms with E-state index in [1.54, 1.807) is 0 Å². The van der Waals surface area contributed by atoms with Crippen LogP contribution in [-0.2, 0) is 4.79 Å². The van der Waals surface area contributed by atoms with Gasteiger partial charge in [0.15, 0.2) is 0 Å². The normalized spacial score (nSPS) is 22.4. The van der Waals surface area contributed by atoms with Crippen molar-refractivity contribution >= 4 is 22.7 Å². The van der Waals surface area contributed by atoms with Crippen LogP contribution in [0.3, 0.4) is 0 Å². The maximum Gasteiger partial charge on any atom is 0.249 e. The van der Waals surface area contributed by atoms with Gasteiger partial charge in [0.1, 0.15) is 0 Å². The number of likely N-dealkylation sites (tertiary alicyclic amines) is 1. The lowest BCUT2D eigenvalue weighted by atomic mass is 9.82. The van der Waals surface area contributed by atoms with E-state index >= 15 is 0 Å². The van der Waals surface area contributed by atoms with Crippen molar-refractivity contribution in [3.63, 3.8) is 0 Å². The van der Waals surface area contributed by atoms with Crippen molar-refractivity contribution in [3.8, 4) is 0 Å². The van der Waals surface area contributed by atoms with Crippen molar-refractivity contribution in [1.29, 1.82) is 0 Å². The highest BCUT2D eigenvalue weighted by atomic mass is 16.2. The second-order valence-electron chi connectivity index (χ2n) is 10.2. The average molecular weight is 421 g/mol. The van der Waals surface area contributed by atoms with Crippen molar-refractivity contribution in [3.05, 3.63) is 53.2 Å². The van der Waals surface area contributed by atoms with Crippen LogP contribution in [0.25, 0.3) is 10.9 Å². The number of rotatable bonds is 4. The molecule has 1 fully saturated rings. The molecule has 0 radical (unpaired) electrons. The van der Waals surface area contributed by atoms with Crippen LogP contribution < -0.4 is 11.1 Å². The minimum atomic E-state index is -0.450. The first-order chi connectivity index (χ1) is 14.5. The highest BCUT2D eigenvalue weighted by Crippen LogP contribution is 2.32. The van der Waals surface area contributed by atoms with E-state index in [9.17, 15) is 9.59 Å². The van der Waals surface area contributed by atoms with E-state index in [-0.39, 0.29) is 22.9 Å². The first-order valence-electron chi connectivity index (χ1n) is 11.0. The van der Waals surface area contributed by atoms with Crippen LogP contribution in [0.4, 0.5) is 0 Å². The van der Waals surface area contributed by atoms with Crippen LogP contribution in [0, 0.1) is 0 Å². The quantitative estimate of drug-likeness (QED) is 0.741. The fourth-order valence-corrected chi connectivity index (χ4v) is 5.34. The van der Waals surface area contributed by atoms with Gasteiger partial charge in [-0.2, -0.15) is 0 Å². The number of aromatic nitrogens is 1. The van der Waals surface area contributed by atoms with Gasteiger partial charge in [-0.1, -0.05) is 29.8 Å². The number of nitrogens with one attached hydrogen (secondary N) is 1.